The third-order valence-electron chi connectivity index (χ3n) is 5.04. The summed E-state index contributed by atoms with van der Waals surface area (Å²) in [6.45, 7) is -0.579. The van der Waals surface area contributed by atoms with Gasteiger partial charge in [0.05, 0.1) is 16.1 Å². The maximum absolute atomic E-state index is 13.3. The van der Waals surface area contributed by atoms with Crippen LogP contribution < -0.4 is 4.31 Å². The van der Waals surface area contributed by atoms with Crippen LogP contribution in [0.5, 0.6) is 5.88 Å². The molecule has 33 heavy (non-hydrogen) atoms. The number of nitrogens with zero attached hydrogens (tertiary/aromatic N) is 4. The lowest BCUT2D eigenvalue weighted by Crippen LogP contribution is -2.35. The van der Waals surface area contributed by atoms with Gasteiger partial charge in [0.1, 0.15) is 6.54 Å². The Morgan fingerprint density at radius 2 is 1.64 bits per heavy atom. The van der Waals surface area contributed by atoms with Crippen molar-refractivity contribution in [2.75, 3.05) is 10.8 Å². The maximum atomic E-state index is 13.3. The number of anilines is 1. The molecule has 1 N–H and O–H groups in total. The number of azo groups is 1. The van der Waals surface area contributed by atoms with Crippen LogP contribution in [-0.4, -0.2) is 30.5 Å². The zero-order valence-corrected chi connectivity index (χ0v) is 19.0. The summed E-state index contributed by atoms with van der Waals surface area (Å²) in [5, 5.41) is 19.0. The van der Waals surface area contributed by atoms with E-state index in [0.29, 0.717) is 21.6 Å². The molecule has 4 aromatic rings. The van der Waals surface area contributed by atoms with E-state index in [4.69, 9.17) is 11.6 Å². The highest BCUT2D eigenvalue weighted by Crippen LogP contribution is 2.37. The van der Waals surface area contributed by atoms with Crippen molar-refractivity contribution in [2.45, 2.75) is 4.90 Å². The van der Waals surface area contributed by atoms with E-state index in [9.17, 15) is 18.3 Å². The number of carbonyl (C=O) groups excluding carboxylic acids is 1. The van der Waals surface area contributed by atoms with Gasteiger partial charge in [-0.2, -0.15) is 0 Å². The third kappa shape index (κ3) is 4.46. The second-order valence-electron chi connectivity index (χ2n) is 7.14. The minimum absolute atomic E-state index is 0.0211. The van der Waals surface area contributed by atoms with Gasteiger partial charge in [-0.05, 0) is 42.5 Å². The van der Waals surface area contributed by atoms with Crippen LogP contribution in [0.3, 0.4) is 0 Å². The van der Waals surface area contributed by atoms with Crippen LogP contribution in [0, 0.1) is 0 Å². The molecule has 168 valence electrons. The Labute approximate surface area is 195 Å². The smallest absolute Gasteiger partial charge is 0.285 e. The molecule has 0 unspecified atom stereocenters. The number of aromatic hydroxyl groups is 1. The molecule has 0 aliphatic rings. The van der Waals surface area contributed by atoms with Crippen molar-refractivity contribution in [3.8, 4) is 5.88 Å². The van der Waals surface area contributed by atoms with Gasteiger partial charge >= 0.3 is 0 Å². The van der Waals surface area contributed by atoms with Crippen molar-refractivity contribution >= 4 is 49.8 Å². The molecule has 1 heterocycles. The van der Waals surface area contributed by atoms with E-state index in [1.807, 2.05) is 6.07 Å². The molecule has 0 saturated carbocycles. The van der Waals surface area contributed by atoms with Crippen LogP contribution in [-0.2, 0) is 21.9 Å². The molecule has 8 nitrogen and oxygen atoms in total. The largest absolute Gasteiger partial charge is 0.493 e. The van der Waals surface area contributed by atoms with Crippen LogP contribution in [0.1, 0.15) is 0 Å². The summed E-state index contributed by atoms with van der Waals surface area (Å²) >= 11 is 5.89. The first-order chi connectivity index (χ1) is 15.8. The zero-order valence-electron chi connectivity index (χ0n) is 17.5. The molecule has 0 radical (unpaired) electrons. The molecule has 0 aliphatic carbocycles. The van der Waals surface area contributed by atoms with Gasteiger partial charge in [0.25, 0.3) is 15.9 Å². The fraction of sp³-hybridized carbons (Fsp3) is 0.0870. The first-order valence-corrected chi connectivity index (χ1v) is 11.6. The van der Waals surface area contributed by atoms with Gasteiger partial charge < -0.3 is 9.67 Å². The molecule has 1 amide bonds. The first-order valence-electron chi connectivity index (χ1n) is 9.83. The normalized spacial score (nSPS) is 11.8. The monoisotopic (exact) mass is 482 g/mol. The van der Waals surface area contributed by atoms with Gasteiger partial charge in [-0.1, -0.05) is 48.0 Å². The Kier molecular flexibility index (Phi) is 6.17. The van der Waals surface area contributed by atoms with E-state index in [1.54, 1.807) is 55.6 Å². The standard InChI is InChI=1S/C23H19ClN4O4S/c1-27-20-10-6-5-9-19(20)22(23(27)30)26-25-21(29)15-28(17-7-3-2-4-8-17)33(31,32)18-13-11-16(24)12-14-18/h2-14,30H,15H2,1H3. The minimum Gasteiger partial charge on any atom is -0.493 e. The van der Waals surface area contributed by atoms with Crippen molar-refractivity contribution in [3.63, 3.8) is 0 Å². The van der Waals surface area contributed by atoms with Crippen molar-refractivity contribution < 1.29 is 18.3 Å². The second-order valence-corrected chi connectivity index (χ2v) is 9.44. The highest BCUT2D eigenvalue weighted by molar-refractivity contribution is 7.92. The topological polar surface area (TPSA) is 104 Å². The number of benzene rings is 3. The summed E-state index contributed by atoms with van der Waals surface area (Å²) < 4.78 is 29.1. The van der Waals surface area contributed by atoms with Gasteiger partial charge in [-0.3, -0.25) is 9.10 Å². The van der Waals surface area contributed by atoms with Crippen LogP contribution >= 0.6 is 11.6 Å². The average molecular weight is 483 g/mol. The molecule has 0 fully saturated rings. The number of sulfonamides is 1. The predicted octanol–water partition coefficient (Wildman–Crippen LogP) is 5.04. The average Bonchev–Trinajstić information content (AvgIpc) is 3.06. The Hall–Kier alpha value is -3.69. The number of rotatable bonds is 6. The lowest BCUT2D eigenvalue weighted by molar-refractivity contribution is -0.116. The summed E-state index contributed by atoms with van der Waals surface area (Å²) in [6.07, 6.45) is 0. The number of hydrogen-bond acceptors (Lipinski definition) is 5. The quantitative estimate of drug-likeness (QED) is 0.388. The molecule has 0 spiro atoms. The Bertz CT molecular complexity index is 1450. The van der Waals surface area contributed by atoms with Gasteiger partial charge in [0.2, 0.25) is 5.88 Å². The van der Waals surface area contributed by atoms with Crippen molar-refractivity contribution in [2.24, 2.45) is 17.3 Å². The van der Waals surface area contributed by atoms with E-state index in [0.717, 1.165) is 4.31 Å². The second kappa shape index (κ2) is 9.05. The van der Waals surface area contributed by atoms with E-state index in [1.165, 1.54) is 28.8 Å². The third-order valence-corrected chi connectivity index (χ3v) is 7.08. The molecule has 0 saturated heterocycles. The lowest BCUT2D eigenvalue weighted by Gasteiger charge is -2.23. The van der Waals surface area contributed by atoms with Gasteiger partial charge in [-0.15, -0.1) is 10.2 Å². The number of amides is 1. The summed E-state index contributed by atoms with van der Waals surface area (Å²) in [6, 6.07) is 21.0. The van der Waals surface area contributed by atoms with Crippen molar-refractivity contribution in [3.05, 3.63) is 83.9 Å². The molecular weight excluding hydrogens is 464 g/mol. The number of halogens is 1. The summed E-state index contributed by atoms with van der Waals surface area (Å²) in [7, 11) is -2.43. The van der Waals surface area contributed by atoms with Gasteiger partial charge in [0, 0.05) is 17.5 Å². The molecular formula is C23H19ClN4O4S. The molecule has 0 aliphatic heterocycles. The van der Waals surface area contributed by atoms with E-state index in [-0.39, 0.29) is 16.5 Å². The van der Waals surface area contributed by atoms with E-state index < -0.39 is 22.5 Å². The number of para-hydroxylation sites is 2. The van der Waals surface area contributed by atoms with Crippen LogP contribution in [0.15, 0.2) is 94.0 Å². The van der Waals surface area contributed by atoms with E-state index in [2.05, 4.69) is 10.2 Å². The van der Waals surface area contributed by atoms with E-state index >= 15 is 0 Å². The fourth-order valence-electron chi connectivity index (χ4n) is 3.36. The molecule has 0 atom stereocenters. The fourth-order valence-corrected chi connectivity index (χ4v) is 4.90. The highest BCUT2D eigenvalue weighted by Gasteiger charge is 2.27. The van der Waals surface area contributed by atoms with Crippen molar-refractivity contribution in [1.29, 1.82) is 0 Å². The number of aryl methyl sites for hydroxylation is 1. The molecule has 4 rings (SSSR count). The summed E-state index contributed by atoms with van der Waals surface area (Å²) in [5.74, 6) is -0.954. The van der Waals surface area contributed by atoms with Crippen LogP contribution in [0.4, 0.5) is 11.4 Å². The Morgan fingerprint density at radius 1 is 1.00 bits per heavy atom. The van der Waals surface area contributed by atoms with Crippen LogP contribution in [0.2, 0.25) is 5.02 Å². The maximum Gasteiger partial charge on any atom is 0.285 e. The van der Waals surface area contributed by atoms with Crippen molar-refractivity contribution in [1.82, 2.24) is 4.57 Å². The zero-order chi connectivity index (χ0) is 23.6. The number of hydrogen-bond donors (Lipinski definition) is 1. The first kappa shape index (κ1) is 22.5. The molecule has 10 heteroatoms. The number of carbonyl (C=O) groups is 1. The number of fused-ring (bicyclic) bond motifs is 1. The predicted molar refractivity (Wildman–Crippen MR) is 127 cm³/mol. The molecule has 1 aromatic heterocycles. The highest BCUT2D eigenvalue weighted by atomic mass is 35.5. The minimum atomic E-state index is -4.09. The molecule has 3 aromatic carbocycles. The van der Waals surface area contributed by atoms with Crippen LogP contribution in [0.25, 0.3) is 10.9 Å². The lowest BCUT2D eigenvalue weighted by atomic mass is 10.2. The Morgan fingerprint density at radius 3 is 2.33 bits per heavy atom. The molecule has 0 bridgehead atoms. The number of aromatic nitrogens is 1. The van der Waals surface area contributed by atoms with Gasteiger partial charge in [0.15, 0.2) is 5.69 Å². The van der Waals surface area contributed by atoms with Gasteiger partial charge in [-0.25, -0.2) is 8.42 Å². The summed E-state index contributed by atoms with van der Waals surface area (Å²) in [5.41, 5.74) is 1.14. The SMILES string of the molecule is Cn1c(O)c(N=NC(=O)CN(c2ccccc2)S(=O)(=O)c2ccc(Cl)cc2)c2ccccc21. The Balaban J connectivity index is 1.67. The summed E-state index contributed by atoms with van der Waals surface area (Å²) in [4.78, 5) is 12.7.